The first-order valence-corrected chi connectivity index (χ1v) is 12.6. The number of anilines is 2. The van der Waals surface area contributed by atoms with Crippen LogP contribution in [0.4, 0.5) is 16.0 Å². The van der Waals surface area contributed by atoms with Gasteiger partial charge in [-0.15, -0.1) is 16.4 Å². The van der Waals surface area contributed by atoms with Gasteiger partial charge in [0.1, 0.15) is 11.9 Å². The third-order valence-corrected chi connectivity index (χ3v) is 7.41. The average Bonchev–Trinajstić information content (AvgIpc) is 3.49. The van der Waals surface area contributed by atoms with E-state index in [0.29, 0.717) is 28.0 Å². The molecule has 1 aliphatic rings. The van der Waals surface area contributed by atoms with Gasteiger partial charge >= 0.3 is 0 Å². The number of amides is 1. The Balaban J connectivity index is 1.46. The quantitative estimate of drug-likeness (QED) is 0.323. The zero-order valence-electron chi connectivity index (χ0n) is 18.6. The largest absolute Gasteiger partial charge is 0.328 e. The van der Waals surface area contributed by atoms with E-state index >= 15 is 0 Å². The van der Waals surface area contributed by atoms with Crippen molar-refractivity contribution in [3.05, 3.63) is 99.1 Å². The van der Waals surface area contributed by atoms with Crippen molar-refractivity contribution in [1.82, 2.24) is 14.8 Å². The molecule has 0 aliphatic carbocycles. The lowest BCUT2D eigenvalue weighted by Gasteiger charge is -2.27. The fraction of sp³-hybridized carbons (Fsp3) is 0.160. The second-order valence-electron chi connectivity index (χ2n) is 7.89. The van der Waals surface area contributed by atoms with Gasteiger partial charge in [-0.1, -0.05) is 54.2 Å². The molecule has 172 valence electrons. The van der Waals surface area contributed by atoms with Gasteiger partial charge in [-0.3, -0.25) is 4.79 Å². The Morgan fingerprint density at radius 2 is 1.94 bits per heavy atom. The predicted octanol–water partition coefficient (Wildman–Crippen LogP) is 6.01. The highest BCUT2D eigenvalue weighted by molar-refractivity contribution is 7.98. The lowest BCUT2D eigenvalue weighted by Crippen LogP contribution is -2.31. The number of thioether (sulfide) groups is 1. The molecule has 1 atom stereocenters. The number of hydrogen-bond donors (Lipinski definition) is 2. The summed E-state index contributed by atoms with van der Waals surface area (Å²) in [5, 5.41) is 13.5. The Hall–Kier alpha value is -3.43. The van der Waals surface area contributed by atoms with Gasteiger partial charge in [0, 0.05) is 22.0 Å². The Morgan fingerprint density at radius 3 is 2.71 bits per heavy atom. The first kappa shape index (κ1) is 22.4. The second kappa shape index (κ2) is 9.44. The number of para-hydroxylation sites is 1. The summed E-state index contributed by atoms with van der Waals surface area (Å²) in [6.45, 7) is 3.83. The SMILES string of the molecule is CC1=C(C(=O)Nc2ccccc2C)C(c2cccs2)n2nc(SCc3ccccc3F)nc2N1. The van der Waals surface area contributed by atoms with E-state index in [-0.39, 0.29) is 11.7 Å². The summed E-state index contributed by atoms with van der Waals surface area (Å²) in [5.41, 5.74) is 3.64. The molecule has 9 heteroatoms. The Bertz CT molecular complexity index is 1380. The van der Waals surface area contributed by atoms with Gasteiger partial charge in [0.2, 0.25) is 11.1 Å². The van der Waals surface area contributed by atoms with Crippen LogP contribution in [0.15, 0.2) is 82.5 Å². The van der Waals surface area contributed by atoms with Crippen molar-refractivity contribution < 1.29 is 9.18 Å². The van der Waals surface area contributed by atoms with Gasteiger partial charge in [-0.05, 0) is 48.6 Å². The predicted molar refractivity (Wildman–Crippen MR) is 135 cm³/mol. The number of rotatable bonds is 6. The zero-order chi connectivity index (χ0) is 23.7. The van der Waals surface area contributed by atoms with Crippen molar-refractivity contribution >= 4 is 40.6 Å². The number of benzene rings is 2. The summed E-state index contributed by atoms with van der Waals surface area (Å²) in [6.07, 6.45) is 0. The van der Waals surface area contributed by atoms with E-state index in [1.807, 2.05) is 61.7 Å². The first-order chi connectivity index (χ1) is 16.5. The molecule has 34 heavy (non-hydrogen) atoms. The third-order valence-electron chi connectivity index (χ3n) is 5.60. The van der Waals surface area contributed by atoms with Crippen molar-refractivity contribution in [2.24, 2.45) is 0 Å². The number of carbonyl (C=O) groups excluding carboxylic acids is 1. The smallest absolute Gasteiger partial charge is 0.255 e. The number of aromatic nitrogens is 3. The molecule has 0 bridgehead atoms. The molecule has 5 rings (SSSR count). The first-order valence-electron chi connectivity index (χ1n) is 10.7. The molecular weight excluding hydrogens is 469 g/mol. The van der Waals surface area contributed by atoms with Gasteiger partial charge in [0.25, 0.3) is 5.91 Å². The molecule has 1 unspecified atom stereocenters. The molecule has 2 aromatic carbocycles. The molecule has 1 aliphatic heterocycles. The molecule has 4 aromatic rings. The number of allylic oxidation sites excluding steroid dienone is 1. The molecule has 0 spiro atoms. The topological polar surface area (TPSA) is 71.8 Å². The van der Waals surface area contributed by atoms with Crippen molar-refractivity contribution in [3.63, 3.8) is 0 Å². The summed E-state index contributed by atoms with van der Waals surface area (Å²) in [6, 6.07) is 17.9. The number of fused-ring (bicyclic) bond motifs is 1. The van der Waals surface area contributed by atoms with Gasteiger partial charge in [0.05, 0.1) is 5.57 Å². The molecule has 0 saturated heterocycles. The molecule has 3 heterocycles. The number of thiophene rings is 1. The summed E-state index contributed by atoms with van der Waals surface area (Å²) >= 11 is 2.92. The molecular formula is C25H22FN5OS2. The van der Waals surface area contributed by atoms with Crippen LogP contribution in [0.5, 0.6) is 0 Å². The summed E-state index contributed by atoms with van der Waals surface area (Å²) < 4.78 is 15.8. The highest BCUT2D eigenvalue weighted by atomic mass is 32.2. The molecule has 2 aromatic heterocycles. The Labute approximate surface area is 204 Å². The maximum absolute atomic E-state index is 14.0. The molecule has 0 radical (unpaired) electrons. The van der Waals surface area contributed by atoms with Crippen LogP contribution in [-0.4, -0.2) is 20.7 Å². The van der Waals surface area contributed by atoms with Crippen LogP contribution in [-0.2, 0) is 10.5 Å². The molecule has 6 nitrogen and oxygen atoms in total. The van der Waals surface area contributed by atoms with E-state index < -0.39 is 6.04 Å². The lowest BCUT2D eigenvalue weighted by molar-refractivity contribution is -0.113. The van der Waals surface area contributed by atoms with Gasteiger partial charge in [0.15, 0.2) is 0 Å². The van der Waals surface area contributed by atoms with Crippen LogP contribution in [0.2, 0.25) is 0 Å². The zero-order valence-corrected chi connectivity index (χ0v) is 20.2. The highest BCUT2D eigenvalue weighted by Crippen LogP contribution is 2.38. The van der Waals surface area contributed by atoms with Gasteiger partial charge < -0.3 is 10.6 Å². The van der Waals surface area contributed by atoms with Gasteiger partial charge in [-0.2, -0.15) is 4.98 Å². The number of aryl methyl sites for hydroxylation is 1. The number of hydrogen-bond acceptors (Lipinski definition) is 6. The summed E-state index contributed by atoms with van der Waals surface area (Å²) in [5.74, 6) is 0.521. The van der Waals surface area contributed by atoms with E-state index in [2.05, 4.69) is 15.6 Å². The van der Waals surface area contributed by atoms with Crippen molar-refractivity contribution in [3.8, 4) is 0 Å². The van der Waals surface area contributed by atoms with E-state index in [9.17, 15) is 9.18 Å². The molecule has 2 N–H and O–H groups in total. The van der Waals surface area contributed by atoms with Crippen LogP contribution in [0.1, 0.15) is 29.0 Å². The van der Waals surface area contributed by atoms with E-state index in [0.717, 1.165) is 21.8 Å². The number of halogens is 1. The Morgan fingerprint density at radius 1 is 1.15 bits per heavy atom. The van der Waals surface area contributed by atoms with Crippen LogP contribution in [0, 0.1) is 12.7 Å². The number of carbonyl (C=O) groups is 1. The van der Waals surface area contributed by atoms with Crippen molar-refractivity contribution in [2.75, 3.05) is 10.6 Å². The van der Waals surface area contributed by atoms with Crippen molar-refractivity contribution in [1.29, 1.82) is 0 Å². The van der Waals surface area contributed by atoms with Gasteiger partial charge in [-0.25, -0.2) is 9.07 Å². The van der Waals surface area contributed by atoms with E-state index in [1.165, 1.54) is 17.8 Å². The molecule has 1 amide bonds. The average molecular weight is 492 g/mol. The van der Waals surface area contributed by atoms with Crippen molar-refractivity contribution in [2.45, 2.75) is 30.8 Å². The van der Waals surface area contributed by atoms with Crippen LogP contribution < -0.4 is 10.6 Å². The van der Waals surface area contributed by atoms with Crippen LogP contribution in [0.3, 0.4) is 0 Å². The monoisotopic (exact) mass is 491 g/mol. The lowest BCUT2D eigenvalue weighted by atomic mass is 10.0. The third kappa shape index (κ3) is 4.36. The maximum Gasteiger partial charge on any atom is 0.255 e. The maximum atomic E-state index is 14.0. The minimum absolute atomic E-state index is 0.195. The normalized spacial score (nSPS) is 15.1. The summed E-state index contributed by atoms with van der Waals surface area (Å²) in [4.78, 5) is 19.1. The molecule has 0 saturated carbocycles. The standard InChI is InChI=1S/C25H22FN5OS2/c1-15-8-3-6-11-19(15)28-23(32)21-16(2)27-24-29-25(34-14-17-9-4-5-10-18(17)26)30-31(24)22(21)20-12-7-13-33-20/h3-13,22H,14H2,1-2H3,(H,28,32)(H,27,29,30). The Kier molecular flexibility index (Phi) is 6.21. The summed E-state index contributed by atoms with van der Waals surface area (Å²) in [7, 11) is 0. The highest BCUT2D eigenvalue weighted by Gasteiger charge is 2.35. The minimum Gasteiger partial charge on any atom is -0.328 e. The van der Waals surface area contributed by atoms with Crippen LogP contribution >= 0.6 is 23.1 Å². The second-order valence-corrected chi connectivity index (χ2v) is 9.82. The number of nitrogens with one attached hydrogen (secondary N) is 2. The molecule has 0 fully saturated rings. The van der Waals surface area contributed by atoms with E-state index in [4.69, 9.17) is 5.10 Å². The minimum atomic E-state index is -0.421. The van der Waals surface area contributed by atoms with Crippen LogP contribution in [0.25, 0.3) is 0 Å². The fourth-order valence-corrected chi connectivity index (χ4v) is 5.49. The van der Waals surface area contributed by atoms with E-state index in [1.54, 1.807) is 28.2 Å². The number of nitrogens with zero attached hydrogens (tertiary/aromatic N) is 3. The fourth-order valence-electron chi connectivity index (χ4n) is 3.86.